The fraction of sp³-hybridized carbons (Fsp3) is 0.524. The molecule has 1 aromatic carbocycles. The van der Waals surface area contributed by atoms with Crippen LogP contribution >= 0.6 is 0 Å². The van der Waals surface area contributed by atoms with Crippen LogP contribution in [-0.4, -0.2) is 55.1 Å². The third-order valence-corrected chi connectivity index (χ3v) is 7.04. The van der Waals surface area contributed by atoms with Crippen LogP contribution in [0.3, 0.4) is 0 Å². The summed E-state index contributed by atoms with van der Waals surface area (Å²) in [6, 6.07) is 9.95. The lowest BCUT2D eigenvalue weighted by atomic mass is 10.1. The molecule has 2 heterocycles. The molecule has 3 rings (SSSR count). The molecule has 0 saturated carbocycles. The number of nitrogens with one attached hydrogen (secondary N) is 2. The maximum Gasteiger partial charge on any atom is 0.226 e. The topological polar surface area (TPSA) is 99.8 Å². The second kappa shape index (κ2) is 10.6. The monoisotopic (exact) mass is 433 g/mol. The van der Waals surface area contributed by atoms with Crippen LogP contribution in [0, 0.1) is 0 Å². The van der Waals surface area contributed by atoms with Gasteiger partial charge in [-0.15, -0.1) is 0 Å². The highest BCUT2D eigenvalue weighted by molar-refractivity contribution is 7.89. The van der Waals surface area contributed by atoms with Gasteiger partial charge in [0.15, 0.2) is 5.96 Å². The summed E-state index contributed by atoms with van der Waals surface area (Å²) in [6.07, 6.45) is 3.79. The van der Waals surface area contributed by atoms with Gasteiger partial charge in [0.05, 0.1) is 12.3 Å². The maximum absolute atomic E-state index is 12.2. The standard InChI is InChI=1S/C21H31N5O3S/c1-3-14-30(27,28)26-12-10-18(11-13-26)25-21(22-4-2)23-15-19-16-29-20(24-19)17-8-6-5-7-9-17/h5-9,16,18H,3-4,10-15H2,1-2H3,(H2,22,23,25). The Labute approximate surface area is 178 Å². The summed E-state index contributed by atoms with van der Waals surface area (Å²) in [6.45, 7) is 6.13. The molecule has 0 amide bonds. The molecule has 1 aromatic heterocycles. The number of nitrogens with zero attached hydrogens (tertiary/aromatic N) is 3. The maximum atomic E-state index is 12.2. The van der Waals surface area contributed by atoms with E-state index in [2.05, 4.69) is 20.6 Å². The molecule has 0 unspecified atom stereocenters. The van der Waals surface area contributed by atoms with Crippen molar-refractivity contribution in [1.29, 1.82) is 0 Å². The number of sulfonamides is 1. The molecule has 0 radical (unpaired) electrons. The van der Waals surface area contributed by atoms with Crippen LogP contribution in [-0.2, 0) is 16.6 Å². The number of benzene rings is 1. The minimum Gasteiger partial charge on any atom is -0.444 e. The van der Waals surface area contributed by atoms with Gasteiger partial charge < -0.3 is 15.1 Å². The predicted octanol–water partition coefficient (Wildman–Crippen LogP) is 2.60. The molecule has 0 atom stereocenters. The molecule has 0 bridgehead atoms. The smallest absolute Gasteiger partial charge is 0.226 e. The molecule has 8 nitrogen and oxygen atoms in total. The average Bonchev–Trinajstić information content (AvgIpc) is 3.22. The van der Waals surface area contributed by atoms with Crippen molar-refractivity contribution in [3.63, 3.8) is 0 Å². The Bertz CT molecular complexity index is 919. The van der Waals surface area contributed by atoms with Gasteiger partial charge in [-0.2, -0.15) is 0 Å². The van der Waals surface area contributed by atoms with Gasteiger partial charge in [-0.3, -0.25) is 0 Å². The first kappa shape index (κ1) is 22.3. The van der Waals surface area contributed by atoms with Crippen molar-refractivity contribution in [3.8, 4) is 11.5 Å². The number of aliphatic imine (C=N–C) groups is 1. The second-order valence-electron chi connectivity index (χ2n) is 7.34. The number of piperidine rings is 1. The minimum absolute atomic E-state index is 0.188. The van der Waals surface area contributed by atoms with Crippen molar-refractivity contribution in [1.82, 2.24) is 19.9 Å². The highest BCUT2D eigenvalue weighted by Crippen LogP contribution is 2.18. The summed E-state index contributed by atoms with van der Waals surface area (Å²) >= 11 is 0. The van der Waals surface area contributed by atoms with E-state index in [-0.39, 0.29) is 11.8 Å². The lowest BCUT2D eigenvalue weighted by molar-refractivity contribution is 0.306. The van der Waals surface area contributed by atoms with Crippen LogP contribution in [0.1, 0.15) is 38.8 Å². The zero-order valence-electron chi connectivity index (χ0n) is 17.7. The number of hydrogen-bond donors (Lipinski definition) is 2. The zero-order valence-corrected chi connectivity index (χ0v) is 18.5. The summed E-state index contributed by atoms with van der Waals surface area (Å²) in [5.74, 6) is 1.51. The number of guanidine groups is 1. The molecular weight excluding hydrogens is 402 g/mol. The Morgan fingerprint density at radius 2 is 1.97 bits per heavy atom. The Hall–Kier alpha value is -2.39. The van der Waals surface area contributed by atoms with E-state index in [1.165, 1.54) is 0 Å². The lowest BCUT2D eigenvalue weighted by Gasteiger charge is -2.32. The third kappa shape index (κ3) is 6.06. The number of hydrogen-bond acceptors (Lipinski definition) is 5. The molecule has 2 N–H and O–H groups in total. The van der Waals surface area contributed by atoms with Gasteiger partial charge >= 0.3 is 0 Å². The van der Waals surface area contributed by atoms with Crippen molar-refractivity contribution in [2.45, 2.75) is 45.7 Å². The molecule has 1 aliphatic rings. The fourth-order valence-electron chi connectivity index (χ4n) is 3.43. The van der Waals surface area contributed by atoms with Crippen LogP contribution in [0.5, 0.6) is 0 Å². The highest BCUT2D eigenvalue weighted by Gasteiger charge is 2.27. The van der Waals surface area contributed by atoms with Crippen LogP contribution in [0.4, 0.5) is 0 Å². The first-order chi connectivity index (χ1) is 14.5. The Morgan fingerprint density at radius 3 is 2.63 bits per heavy atom. The molecule has 2 aromatic rings. The van der Waals surface area contributed by atoms with E-state index in [1.807, 2.05) is 44.2 Å². The van der Waals surface area contributed by atoms with Gasteiger partial charge in [0.2, 0.25) is 15.9 Å². The summed E-state index contributed by atoms with van der Waals surface area (Å²) in [7, 11) is -3.12. The second-order valence-corrected chi connectivity index (χ2v) is 9.43. The number of rotatable bonds is 8. The van der Waals surface area contributed by atoms with Gasteiger partial charge in [-0.25, -0.2) is 22.7 Å². The molecule has 0 spiro atoms. The van der Waals surface area contributed by atoms with E-state index < -0.39 is 10.0 Å². The average molecular weight is 434 g/mol. The molecule has 1 fully saturated rings. The SMILES string of the molecule is CCCS(=O)(=O)N1CCC(NC(=NCc2coc(-c3ccccc3)n2)NCC)CC1. The van der Waals surface area contributed by atoms with Crippen molar-refractivity contribution >= 4 is 16.0 Å². The molecule has 1 saturated heterocycles. The third-order valence-electron chi connectivity index (χ3n) is 4.97. The first-order valence-corrected chi connectivity index (χ1v) is 12.1. The number of oxazole rings is 1. The van der Waals surface area contributed by atoms with Gasteiger partial charge in [0.1, 0.15) is 12.0 Å². The van der Waals surface area contributed by atoms with Crippen LogP contribution in [0.15, 0.2) is 46.0 Å². The Morgan fingerprint density at radius 1 is 1.23 bits per heavy atom. The Balaban J connectivity index is 1.56. The summed E-state index contributed by atoms with van der Waals surface area (Å²) in [5, 5.41) is 6.68. The van der Waals surface area contributed by atoms with Crippen LogP contribution in [0.2, 0.25) is 0 Å². The van der Waals surface area contributed by atoms with Gasteiger partial charge in [0.25, 0.3) is 0 Å². The van der Waals surface area contributed by atoms with Crippen LogP contribution < -0.4 is 10.6 Å². The fourth-order valence-corrected chi connectivity index (χ4v) is 4.97. The number of aromatic nitrogens is 1. The Kier molecular flexibility index (Phi) is 7.87. The molecule has 1 aliphatic heterocycles. The first-order valence-electron chi connectivity index (χ1n) is 10.5. The quantitative estimate of drug-likeness (QED) is 0.490. The van der Waals surface area contributed by atoms with Crippen molar-refractivity contribution in [3.05, 3.63) is 42.3 Å². The van der Waals surface area contributed by atoms with Gasteiger partial charge in [0, 0.05) is 31.2 Å². The van der Waals surface area contributed by atoms with E-state index in [0.717, 1.165) is 30.6 Å². The van der Waals surface area contributed by atoms with E-state index in [9.17, 15) is 8.42 Å². The van der Waals surface area contributed by atoms with E-state index in [0.29, 0.717) is 37.9 Å². The van der Waals surface area contributed by atoms with E-state index in [1.54, 1.807) is 10.6 Å². The molecular formula is C21H31N5O3S. The van der Waals surface area contributed by atoms with Crippen molar-refractivity contribution < 1.29 is 12.8 Å². The zero-order chi connectivity index (χ0) is 21.4. The summed E-state index contributed by atoms with van der Waals surface area (Å²) in [5.41, 5.74) is 1.69. The summed E-state index contributed by atoms with van der Waals surface area (Å²) in [4.78, 5) is 9.13. The summed E-state index contributed by atoms with van der Waals surface area (Å²) < 4.78 is 31.7. The normalized spacial score (nSPS) is 16.5. The highest BCUT2D eigenvalue weighted by atomic mass is 32.2. The van der Waals surface area contributed by atoms with E-state index in [4.69, 9.17) is 4.42 Å². The van der Waals surface area contributed by atoms with Crippen molar-refractivity contribution in [2.24, 2.45) is 4.99 Å². The molecule has 9 heteroatoms. The van der Waals surface area contributed by atoms with Gasteiger partial charge in [-0.05, 0) is 38.3 Å². The minimum atomic E-state index is -3.12. The predicted molar refractivity (Wildman–Crippen MR) is 119 cm³/mol. The van der Waals surface area contributed by atoms with E-state index >= 15 is 0 Å². The largest absolute Gasteiger partial charge is 0.444 e. The lowest BCUT2D eigenvalue weighted by Crippen LogP contribution is -2.50. The molecule has 0 aliphatic carbocycles. The van der Waals surface area contributed by atoms with Gasteiger partial charge in [-0.1, -0.05) is 25.1 Å². The molecule has 30 heavy (non-hydrogen) atoms. The van der Waals surface area contributed by atoms with Crippen molar-refractivity contribution in [2.75, 3.05) is 25.4 Å². The molecule has 164 valence electrons. The van der Waals surface area contributed by atoms with Crippen LogP contribution in [0.25, 0.3) is 11.5 Å².